The highest BCUT2D eigenvalue weighted by Crippen LogP contribution is 2.23. The molecule has 0 fully saturated rings. The first-order valence-electron chi connectivity index (χ1n) is 9.04. The van der Waals surface area contributed by atoms with Crippen molar-refractivity contribution in [2.24, 2.45) is 5.73 Å². The van der Waals surface area contributed by atoms with E-state index in [2.05, 4.69) is 10.3 Å². The zero-order valence-corrected chi connectivity index (χ0v) is 16.5. The number of pyridine rings is 1. The summed E-state index contributed by atoms with van der Waals surface area (Å²) in [6, 6.07) is 10.4. The molecule has 0 radical (unpaired) electrons. The van der Waals surface area contributed by atoms with Crippen molar-refractivity contribution in [2.45, 2.75) is 58.7 Å². The zero-order chi connectivity index (χ0) is 20.2. The van der Waals surface area contributed by atoms with Gasteiger partial charge >= 0.3 is 6.09 Å². The lowest BCUT2D eigenvalue weighted by molar-refractivity contribution is 0.0523. The van der Waals surface area contributed by atoms with Gasteiger partial charge in [-0.2, -0.15) is 4.39 Å². The Morgan fingerprint density at radius 3 is 2.56 bits per heavy atom. The minimum atomic E-state index is -0.554. The van der Waals surface area contributed by atoms with Gasteiger partial charge in [0.2, 0.25) is 5.95 Å². The molecular formula is C21H28FN3O2. The number of alkyl carbamates (subject to hydrolysis) is 1. The SMILES string of the molecule is CC(C)c1ccc(C(N)c2cccc(CNC(=O)OC(C)(C)C)c2)nc1F. The van der Waals surface area contributed by atoms with Crippen molar-refractivity contribution in [3.8, 4) is 0 Å². The number of nitrogens with one attached hydrogen (secondary N) is 1. The van der Waals surface area contributed by atoms with Crippen LogP contribution in [-0.4, -0.2) is 16.7 Å². The minimum Gasteiger partial charge on any atom is -0.444 e. The first-order chi connectivity index (χ1) is 12.6. The van der Waals surface area contributed by atoms with Gasteiger partial charge in [-0.25, -0.2) is 9.78 Å². The zero-order valence-electron chi connectivity index (χ0n) is 16.5. The van der Waals surface area contributed by atoms with E-state index in [0.29, 0.717) is 17.8 Å². The van der Waals surface area contributed by atoms with Crippen LogP contribution >= 0.6 is 0 Å². The monoisotopic (exact) mass is 373 g/mol. The molecule has 1 unspecified atom stereocenters. The van der Waals surface area contributed by atoms with Gasteiger partial charge in [-0.1, -0.05) is 44.2 Å². The lowest BCUT2D eigenvalue weighted by atomic mass is 9.99. The Morgan fingerprint density at radius 2 is 1.96 bits per heavy atom. The minimum absolute atomic E-state index is 0.0602. The van der Waals surface area contributed by atoms with Crippen LogP contribution in [0.2, 0.25) is 0 Å². The van der Waals surface area contributed by atoms with E-state index < -0.39 is 23.7 Å². The molecule has 0 aliphatic carbocycles. The Labute approximate surface area is 160 Å². The number of carbonyl (C=O) groups excluding carboxylic acids is 1. The van der Waals surface area contributed by atoms with Crippen LogP contribution in [0.25, 0.3) is 0 Å². The van der Waals surface area contributed by atoms with Crippen LogP contribution in [0, 0.1) is 5.95 Å². The Morgan fingerprint density at radius 1 is 1.26 bits per heavy atom. The molecule has 27 heavy (non-hydrogen) atoms. The van der Waals surface area contributed by atoms with Crippen LogP contribution in [0.1, 0.15) is 69.0 Å². The van der Waals surface area contributed by atoms with Gasteiger partial charge in [-0.05, 0) is 43.9 Å². The molecule has 5 nitrogen and oxygen atoms in total. The molecular weight excluding hydrogens is 345 g/mol. The average molecular weight is 373 g/mol. The summed E-state index contributed by atoms with van der Waals surface area (Å²) in [4.78, 5) is 15.8. The number of carbonyl (C=O) groups is 1. The van der Waals surface area contributed by atoms with Crippen LogP contribution in [0.4, 0.5) is 9.18 Å². The van der Waals surface area contributed by atoms with Crippen molar-refractivity contribution in [2.75, 3.05) is 0 Å². The summed E-state index contributed by atoms with van der Waals surface area (Å²) < 4.78 is 19.4. The van der Waals surface area contributed by atoms with E-state index >= 15 is 0 Å². The number of ether oxygens (including phenoxy) is 1. The maximum absolute atomic E-state index is 14.2. The Hall–Kier alpha value is -2.47. The molecule has 1 heterocycles. The smallest absolute Gasteiger partial charge is 0.407 e. The van der Waals surface area contributed by atoms with Crippen LogP contribution in [0.3, 0.4) is 0 Å². The van der Waals surface area contributed by atoms with Gasteiger partial charge in [0, 0.05) is 12.1 Å². The fraction of sp³-hybridized carbons (Fsp3) is 0.429. The predicted octanol–water partition coefficient (Wildman–Crippen LogP) is 4.42. The van der Waals surface area contributed by atoms with E-state index in [9.17, 15) is 9.18 Å². The second kappa shape index (κ2) is 8.48. The van der Waals surface area contributed by atoms with E-state index in [1.807, 2.05) is 58.9 Å². The van der Waals surface area contributed by atoms with Crippen molar-refractivity contribution in [3.63, 3.8) is 0 Å². The number of aromatic nitrogens is 1. The number of nitrogens with zero attached hydrogens (tertiary/aromatic N) is 1. The predicted molar refractivity (Wildman–Crippen MR) is 104 cm³/mol. The summed E-state index contributed by atoms with van der Waals surface area (Å²) in [7, 11) is 0. The molecule has 1 amide bonds. The Balaban J connectivity index is 2.10. The van der Waals surface area contributed by atoms with Crippen molar-refractivity contribution >= 4 is 6.09 Å². The first-order valence-corrected chi connectivity index (χ1v) is 9.04. The van der Waals surface area contributed by atoms with E-state index in [1.54, 1.807) is 12.1 Å². The first kappa shape index (κ1) is 20.8. The van der Waals surface area contributed by atoms with Crippen LogP contribution in [-0.2, 0) is 11.3 Å². The molecule has 0 aliphatic rings. The van der Waals surface area contributed by atoms with E-state index in [-0.39, 0.29) is 5.92 Å². The number of nitrogens with two attached hydrogens (primary N) is 1. The summed E-state index contributed by atoms with van der Waals surface area (Å²) >= 11 is 0. The largest absolute Gasteiger partial charge is 0.444 e. The van der Waals surface area contributed by atoms with Crippen molar-refractivity contribution in [1.29, 1.82) is 0 Å². The Bertz CT molecular complexity index is 800. The highest BCUT2D eigenvalue weighted by Gasteiger charge is 2.17. The summed E-state index contributed by atoms with van der Waals surface area (Å²) in [5, 5.41) is 2.71. The molecule has 2 aromatic rings. The molecule has 0 spiro atoms. The molecule has 3 N–H and O–H groups in total. The van der Waals surface area contributed by atoms with E-state index in [4.69, 9.17) is 10.5 Å². The summed E-state index contributed by atoms with van der Waals surface area (Å²) in [6.45, 7) is 9.57. The normalized spacial score (nSPS) is 12.7. The summed E-state index contributed by atoms with van der Waals surface area (Å²) in [6.07, 6.45) is -0.481. The molecule has 0 saturated heterocycles. The van der Waals surface area contributed by atoms with Gasteiger partial charge in [0.25, 0.3) is 0 Å². The number of halogens is 1. The molecule has 0 saturated carbocycles. The number of amides is 1. The van der Waals surface area contributed by atoms with Crippen LogP contribution in [0.15, 0.2) is 36.4 Å². The van der Waals surface area contributed by atoms with Crippen molar-refractivity contribution in [1.82, 2.24) is 10.3 Å². The van der Waals surface area contributed by atoms with Gasteiger partial charge in [-0.15, -0.1) is 0 Å². The van der Waals surface area contributed by atoms with Gasteiger partial charge in [0.1, 0.15) is 5.60 Å². The molecule has 6 heteroatoms. The fourth-order valence-electron chi connectivity index (χ4n) is 2.62. The van der Waals surface area contributed by atoms with Gasteiger partial charge in [0.05, 0.1) is 11.7 Å². The lowest BCUT2D eigenvalue weighted by Crippen LogP contribution is -2.32. The number of rotatable bonds is 5. The number of hydrogen-bond donors (Lipinski definition) is 2. The standard InChI is InChI=1S/C21H28FN3O2/c1-13(2)16-9-10-17(25-19(16)22)18(23)15-8-6-7-14(11-15)12-24-20(26)27-21(3,4)5/h6-11,13,18H,12,23H2,1-5H3,(H,24,26). The highest BCUT2D eigenvalue weighted by atomic mass is 19.1. The molecule has 146 valence electrons. The maximum Gasteiger partial charge on any atom is 0.407 e. The van der Waals surface area contributed by atoms with Gasteiger partial charge in [0.15, 0.2) is 0 Å². The van der Waals surface area contributed by atoms with Crippen molar-refractivity contribution in [3.05, 3.63) is 64.7 Å². The quantitative estimate of drug-likeness (QED) is 0.761. The third-order valence-corrected chi connectivity index (χ3v) is 3.99. The third-order valence-electron chi connectivity index (χ3n) is 3.99. The van der Waals surface area contributed by atoms with Crippen molar-refractivity contribution < 1.29 is 13.9 Å². The van der Waals surface area contributed by atoms with Crippen LogP contribution in [0.5, 0.6) is 0 Å². The third kappa shape index (κ3) is 6.03. The van der Waals surface area contributed by atoms with Crippen LogP contribution < -0.4 is 11.1 Å². The van der Waals surface area contributed by atoms with Gasteiger partial charge in [-0.3, -0.25) is 0 Å². The molecule has 1 aromatic carbocycles. The summed E-state index contributed by atoms with van der Waals surface area (Å²) in [5.41, 5.74) is 8.43. The topological polar surface area (TPSA) is 77.2 Å². The molecule has 1 atom stereocenters. The molecule has 2 rings (SSSR count). The van der Waals surface area contributed by atoms with Gasteiger partial charge < -0.3 is 15.8 Å². The highest BCUT2D eigenvalue weighted by molar-refractivity contribution is 5.67. The number of benzene rings is 1. The van der Waals surface area contributed by atoms with E-state index in [1.165, 1.54) is 0 Å². The van der Waals surface area contributed by atoms with E-state index in [0.717, 1.165) is 11.1 Å². The second-order valence-electron chi connectivity index (χ2n) is 7.85. The summed E-state index contributed by atoms with van der Waals surface area (Å²) in [5.74, 6) is -0.425. The molecule has 0 aliphatic heterocycles. The maximum atomic E-state index is 14.2. The number of hydrogen-bond acceptors (Lipinski definition) is 4. The second-order valence-corrected chi connectivity index (χ2v) is 7.85. The Kier molecular flexibility index (Phi) is 6.54. The fourth-order valence-corrected chi connectivity index (χ4v) is 2.62. The lowest BCUT2D eigenvalue weighted by Gasteiger charge is -2.20. The molecule has 0 bridgehead atoms. The molecule has 1 aromatic heterocycles. The average Bonchev–Trinajstić information content (AvgIpc) is 2.57.